The number of hydrogen-bond acceptors (Lipinski definition) is 4. The van der Waals surface area contributed by atoms with E-state index >= 15 is 0 Å². The van der Waals surface area contributed by atoms with Crippen molar-refractivity contribution < 1.29 is 4.79 Å². The Balaban J connectivity index is 1.45. The molecule has 0 bridgehead atoms. The van der Waals surface area contributed by atoms with Crippen molar-refractivity contribution >= 4 is 22.6 Å². The highest BCUT2D eigenvalue weighted by Gasteiger charge is 2.17. The summed E-state index contributed by atoms with van der Waals surface area (Å²) < 4.78 is 2.05. The van der Waals surface area contributed by atoms with Gasteiger partial charge in [-0.1, -0.05) is 12.1 Å². The molecule has 2 aromatic carbocycles. The topological polar surface area (TPSA) is 44.6 Å². The van der Waals surface area contributed by atoms with Crippen LogP contribution in [0.5, 0.6) is 0 Å². The third-order valence-corrected chi connectivity index (χ3v) is 5.59. The SMILES string of the molecule is CN1CCN(c2ccc(C(=O)N(C)Cc3nc4ccccc4n3C)cc2)CC1. The average Bonchev–Trinajstić information content (AvgIpc) is 3.04. The molecule has 1 aromatic heterocycles. The molecule has 146 valence electrons. The first-order valence-corrected chi connectivity index (χ1v) is 9.72. The predicted molar refractivity (Wildman–Crippen MR) is 113 cm³/mol. The largest absolute Gasteiger partial charge is 0.369 e. The molecule has 1 amide bonds. The summed E-state index contributed by atoms with van der Waals surface area (Å²) in [7, 11) is 5.98. The highest BCUT2D eigenvalue weighted by molar-refractivity contribution is 5.94. The number of rotatable bonds is 4. The number of amides is 1. The van der Waals surface area contributed by atoms with E-state index in [2.05, 4.69) is 38.5 Å². The van der Waals surface area contributed by atoms with Crippen LogP contribution in [0.1, 0.15) is 16.2 Å². The van der Waals surface area contributed by atoms with E-state index in [1.165, 1.54) is 5.69 Å². The van der Waals surface area contributed by atoms with Crippen LogP contribution in [0.2, 0.25) is 0 Å². The van der Waals surface area contributed by atoms with Crippen molar-refractivity contribution in [1.29, 1.82) is 0 Å². The van der Waals surface area contributed by atoms with Crippen LogP contribution in [-0.4, -0.2) is 65.5 Å². The first kappa shape index (κ1) is 18.5. The van der Waals surface area contributed by atoms with Gasteiger partial charge < -0.3 is 19.3 Å². The number of carbonyl (C=O) groups is 1. The quantitative estimate of drug-likeness (QED) is 0.701. The number of fused-ring (bicyclic) bond motifs is 1. The van der Waals surface area contributed by atoms with Crippen LogP contribution in [0.4, 0.5) is 5.69 Å². The zero-order valence-electron chi connectivity index (χ0n) is 16.8. The molecule has 0 aliphatic carbocycles. The molecule has 1 saturated heterocycles. The summed E-state index contributed by atoms with van der Waals surface area (Å²) in [4.78, 5) is 24.0. The molecule has 0 spiro atoms. The zero-order valence-corrected chi connectivity index (χ0v) is 16.8. The Morgan fingerprint density at radius 2 is 1.68 bits per heavy atom. The van der Waals surface area contributed by atoms with Crippen LogP contribution in [0.15, 0.2) is 48.5 Å². The summed E-state index contributed by atoms with van der Waals surface area (Å²) in [6.45, 7) is 4.67. The van der Waals surface area contributed by atoms with Crippen molar-refractivity contribution in [2.75, 3.05) is 45.2 Å². The standard InChI is InChI=1S/C22H27N5O/c1-24-12-14-27(15-13-24)18-10-8-17(9-11-18)22(28)25(2)16-21-23-19-6-4-5-7-20(19)26(21)3/h4-11H,12-16H2,1-3H3. The highest BCUT2D eigenvalue weighted by atomic mass is 16.2. The first-order chi connectivity index (χ1) is 13.5. The maximum absolute atomic E-state index is 12.9. The van der Waals surface area contributed by atoms with Gasteiger partial charge in [0, 0.05) is 51.5 Å². The minimum absolute atomic E-state index is 0.0111. The van der Waals surface area contributed by atoms with Gasteiger partial charge in [0.15, 0.2) is 0 Å². The van der Waals surface area contributed by atoms with Gasteiger partial charge in [0.25, 0.3) is 5.91 Å². The lowest BCUT2D eigenvalue weighted by Gasteiger charge is -2.34. The summed E-state index contributed by atoms with van der Waals surface area (Å²) in [5, 5.41) is 0. The Morgan fingerprint density at radius 1 is 1.00 bits per heavy atom. The molecule has 28 heavy (non-hydrogen) atoms. The fraction of sp³-hybridized carbons (Fsp3) is 0.364. The van der Waals surface area contributed by atoms with E-state index in [1.807, 2.05) is 50.5 Å². The monoisotopic (exact) mass is 377 g/mol. The van der Waals surface area contributed by atoms with E-state index in [-0.39, 0.29) is 5.91 Å². The number of hydrogen-bond donors (Lipinski definition) is 0. The van der Waals surface area contributed by atoms with E-state index < -0.39 is 0 Å². The minimum atomic E-state index is 0.0111. The van der Waals surface area contributed by atoms with Crippen molar-refractivity contribution in [3.63, 3.8) is 0 Å². The lowest BCUT2D eigenvalue weighted by molar-refractivity contribution is 0.0780. The van der Waals surface area contributed by atoms with Crippen molar-refractivity contribution in [2.45, 2.75) is 6.54 Å². The van der Waals surface area contributed by atoms with Crippen LogP contribution in [0.3, 0.4) is 0 Å². The van der Waals surface area contributed by atoms with E-state index in [0.717, 1.165) is 43.0 Å². The number of anilines is 1. The number of piperazine rings is 1. The van der Waals surface area contributed by atoms with Gasteiger partial charge in [-0.05, 0) is 43.4 Å². The molecule has 4 rings (SSSR count). The first-order valence-electron chi connectivity index (χ1n) is 9.72. The number of likely N-dealkylation sites (N-methyl/N-ethyl adjacent to an activating group) is 1. The van der Waals surface area contributed by atoms with Crippen molar-refractivity contribution in [3.8, 4) is 0 Å². The molecule has 0 radical (unpaired) electrons. The molecule has 1 aliphatic heterocycles. The molecule has 1 fully saturated rings. The minimum Gasteiger partial charge on any atom is -0.369 e. The molecule has 0 N–H and O–H groups in total. The summed E-state index contributed by atoms with van der Waals surface area (Å²) in [5.74, 6) is 0.892. The van der Waals surface area contributed by atoms with Crippen LogP contribution >= 0.6 is 0 Å². The predicted octanol–water partition coefficient (Wildman–Crippen LogP) is 2.60. The van der Waals surface area contributed by atoms with Gasteiger partial charge in [-0.3, -0.25) is 4.79 Å². The Bertz CT molecular complexity index is 970. The van der Waals surface area contributed by atoms with Gasteiger partial charge >= 0.3 is 0 Å². The molecule has 2 heterocycles. The van der Waals surface area contributed by atoms with E-state index in [0.29, 0.717) is 12.1 Å². The summed E-state index contributed by atoms with van der Waals surface area (Å²) >= 11 is 0. The molecule has 3 aromatic rings. The highest BCUT2D eigenvalue weighted by Crippen LogP contribution is 2.19. The number of aryl methyl sites for hydroxylation is 1. The molecule has 6 heteroatoms. The number of carbonyl (C=O) groups excluding carboxylic acids is 1. The summed E-state index contributed by atoms with van der Waals surface area (Å²) in [5.41, 5.74) is 3.93. The second kappa shape index (κ2) is 7.64. The fourth-order valence-electron chi connectivity index (χ4n) is 3.72. The van der Waals surface area contributed by atoms with Gasteiger partial charge in [0.2, 0.25) is 0 Å². The Hall–Kier alpha value is -2.86. The number of para-hydroxylation sites is 2. The van der Waals surface area contributed by atoms with E-state index in [4.69, 9.17) is 0 Å². The average molecular weight is 377 g/mol. The number of aromatic nitrogens is 2. The van der Waals surface area contributed by atoms with Crippen LogP contribution in [0.25, 0.3) is 11.0 Å². The van der Waals surface area contributed by atoms with Gasteiger partial charge in [0.1, 0.15) is 5.82 Å². The maximum atomic E-state index is 12.9. The van der Waals surface area contributed by atoms with Crippen molar-refractivity contribution in [2.24, 2.45) is 7.05 Å². The Labute approximate surface area is 166 Å². The lowest BCUT2D eigenvalue weighted by Crippen LogP contribution is -2.44. The van der Waals surface area contributed by atoms with Crippen molar-refractivity contribution in [3.05, 3.63) is 59.9 Å². The zero-order chi connectivity index (χ0) is 19.7. The molecule has 6 nitrogen and oxygen atoms in total. The molecule has 0 saturated carbocycles. The fourth-order valence-corrected chi connectivity index (χ4v) is 3.72. The molecule has 1 aliphatic rings. The third kappa shape index (κ3) is 3.60. The van der Waals surface area contributed by atoms with Crippen molar-refractivity contribution in [1.82, 2.24) is 19.4 Å². The second-order valence-electron chi connectivity index (χ2n) is 7.57. The summed E-state index contributed by atoms with van der Waals surface area (Å²) in [6, 6.07) is 16.0. The van der Waals surface area contributed by atoms with Gasteiger partial charge in [-0.25, -0.2) is 4.98 Å². The van der Waals surface area contributed by atoms with Crippen LogP contribution < -0.4 is 4.90 Å². The number of benzene rings is 2. The van der Waals surface area contributed by atoms with Crippen LogP contribution in [0, 0.1) is 0 Å². The van der Waals surface area contributed by atoms with E-state index in [9.17, 15) is 4.79 Å². The maximum Gasteiger partial charge on any atom is 0.254 e. The van der Waals surface area contributed by atoms with Gasteiger partial charge in [-0.2, -0.15) is 0 Å². The third-order valence-electron chi connectivity index (χ3n) is 5.59. The number of nitrogens with zero attached hydrogens (tertiary/aromatic N) is 5. The number of imidazole rings is 1. The smallest absolute Gasteiger partial charge is 0.254 e. The Kier molecular flexibility index (Phi) is 5.05. The van der Waals surface area contributed by atoms with E-state index in [1.54, 1.807) is 4.90 Å². The Morgan fingerprint density at radius 3 is 2.36 bits per heavy atom. The molecular weight excluding hydrogens is 350 g/mol. The van der Waals surface area contributed by atoms with Gasteiger partial charge in [-0.15, -0.1) is 0 Å². The van der Waals surface area contributed by atoms with Gasteiger partial charge in [0.05, 0.1) is 17.6 Å². The molecule has 0 atom stereocenters. The molecule has 0 unspecified atom stereocenters. The molecular formula is C22H27N5O. The second-order valence-corrected chi connectivity index (χ2v) is 7.57. The van der Waals surface area contributed by atoms with Crippen LogP contribution in [-0.2, 0) is 13.6 Å². The lowest BCUT2D eigenvalue weighted by atomic mass is 10.1. The normalized spacial score (nSPS) is 15.2. The summed E-state index contributed by atoms with van der Waals surface area (Å²) in [6.07, 6.45) is 0.